The summed E-state index contributed by atoms with van der Waals surface area (Å²) in [6, 6.07) is 11.9. The van der Waals surface area contributed by atoms with Crippen molar-refractivity contribution in [2.45, 2.75) is 18.1 Å². The minimum Gasteiger partial charge on any atom is -0.383 e. The van der Waals surface area contributed by atoms with Gasteiger partial charge in [-0.1, -0.05) is 30.3 Å². The van der Waals surface area contributed by atoms with Crippen LogP contribution in [-0.2, 0) is 10.3 Å². The lowest BCUT2D eigenvalue weighted by Gasteiger charge is -2.50. The quantitative estimate of drug-likeness (QED) is 0.857. The van der Waals surface area contributed by atoms with Gasteiger partial charge in [0.25, 0.3) is 5.91 Å². The largest absolute Gasteiger partial charge is 0.383 e. The monoisotopic (exact) mass is 402 g/mol. The third-order valence-electron chi connectivity index (χ3n) is 5.91. The van der Waals surface area contributed by atoms with Crippen molar-refractivity contribution in [2.24, 2.45) is 0 Å². The molecule has 1 N–H and O–H groups in total. The van der Waals surface area contributed by atoms with Gasteiger partial charge in [-0.25, -0.2) is 8.78 Å². The van der Waals surface area contributed by atoms with Gasteiger partial charge in [-0.05, 0) is 30.2 Å². The maximum Gasteiger partial charge on any atom is 0.256 e. The Bertz CT molecular complexity index is 874. The second-order valence-corrected chi connectivity index (χ2v) is 7.58. The predicted octanol–water partition coefficient (Wildman–Crippen LogP) is 2.40. The van der Waals surface area contributed by atoms with Gasteiger partial charge in [0, 0.05) is 26.2 Å². The van der Waals surface area contributed by atoms with E-state index in [1.54, 1.807) is 0 Å². The van der Waals surface area contributed by atoms with Crippen LogP contribution in [0.15, 0.2) is 48.5 Å². The molecule has 1 amide bonds. The van der Waals surface area contributed by atoms with Crippen molar-refractivity contribution in [1.82, 2.24) is 9.80 Å². The molecule has 7 heteroatoms. The first kappa shape index (κ1) is 19.9. The van der Waals surface area contributed by atoms with Gasteiger partial charge in [0.05, 0.1) is 24.8 Å². The van der Waals surface area contributed by atoms with Crippen LogP contribution < -0.4 is 0 Å². The zero-order chi connectivity index (χ0) is 20.4. The number of hydrogen-bond acceptors (Lipinski definition) is 4. The molecule has 2 aromatic rings. The van der Waals surface area contributed by atoms with Gasteiger partial charge in [0.2, 0.25) is 0 Å². The summed E-state index contributed by atoms with van der Waals surface area (Å²) in [5.74, 6) is -1.96. The third-order valence-corrected chi connectivity index (χ3v) is 5.91. The molecule has 154 valence electrons. The Balaban J connectivity index is 1.64. The van der Waals surface area contributed by atoms with Gasteiger partial charge in [0.1, 0.15) is 17.2 Å². The molecule has 2 fully saturated rings. The first-order valence-corrected chi connectivity index (χ1v) is 9.83. The molecule has 0 radical (unpaired) electrons. The summed E-state index contributed by atoms with van der Waals surface area (Å²) in [4.78, 5) is 16.6. The number of hydrogen-bond donors (Lipinski definition) is 1. The molecule has 0 unspecified atom stereocenters. The molecule has 4 rings (SSSR count). The number of piperidine rings is 1. The van der Waals surface area contributed by atoms with Crippen LogP contribution in [0.25, 0.3) is 0 Å². The Morgan fingerprint density at radius 3 is 2.52 bits per heavy atom. The molecular formula is C22H24F2N2O3. The third kappa shape index (κ3) is 3.90. The number of carbonyl (C=O) groups excluding carboxylic acids is 1. The summed E-state index contributed by atoms with van der Waals surface area (Å²) in [6.45, 7) is 2.84. The average Bonchev–Trinajstić information content (AvgIpc) is 2.76. The molecule has 2 aromatic carbocycles. The molecule has 0 bridgehead atoms. The van der Waals surface area contributed by atoms with Gasteiger partial charge >= 0.3 is 0 Å². The highest BCUT2D eigenvalue weighted by Gasteiger charge is 2.47. The van der Waals surface area contributed by atoms with E-state index in [2.05, 4.69) is 4.90 Å². The number of morpholine rings is 1. The lowest BCUT2D eigenvalue weighted by molar-refractivity contribution is -0.112. The average molecular weight is 402 g/mol. The standard InChI is InChI=1S/C22H24F2N2O3/c23-17-6-7-19(24)18(14-17)21(27)26-9-8-22(28,16-4-2-1-3-5-16)20(15-26)25-10-12-29-13-11-25/h1-7,14,20,28H,8-13,15H2/t20-,22+/m1/s1. The van der Waals surface area contributed by atoms with E-state index < -0.39 is 23.1 Å². The SMILES string of the molecule is O=C(c1cc(F)ccc1F)N1CC[C@](O)(c2ccccc2)[C@H](N2CCOCC2)C1. The zero-order valence-corrected chi connectivity index (χ0v) is 16.1. The molecule has 0 spiro atoms. The van der Waals surface area contributed by atoms with Crippen molar-refractivity contribution < 1.29 is 23.4 Å². The number of likely N-dealkylation sites (tertiary alicyclic amines) is 1. The number of ether oxygens (including phenoxy) is 1. The number of nitrogens with zero attached hydrogens (tertiary/aromatic N) is 2. The van der Waals surface area contributed by atoms with E-state index in [4.69, 9.17) is 4.74 Å². The fraction of sp³-hybridized carbons (Fsp3) is 0.409. The Kier molecular flexibility index (Phi) is 5.63. The summed E-state index contributed by atoms with van der Waals surface area (Å²) >= 11 is 0. The maximum absolute atomic E-state index is 14.2. The predicted molar refractivity (Wildman–Crippen MR) is 103 cm³/mol. The van der Waals surface area contributed by atoms with Gasteiger partial charge < -0.3 is 14.7 Å². The smallest absolute Gasteiger partial charge is 0.256 e. The molecule has 2 atom stereocenters. The summed E-state index contributed by atoms with van der Waals surface area (Å²) in [6.07, 6.45) is 0.307. The number of amides is 1. The topological polar surface area (TPSA) is 53.0 Å². The summed E-state index contributed by atoms with van der Waals surface area (Å²) in [5.41, 5.74) is -0.632. The first-order valence-electron chi connectivity index (χ1n) is 9.83. The van der Waals surface area contributed by atoms with Gasteiger partial charge in [-0.15, -0.1) is 0 Å². The fourth-order valence-corrected chi connectivity index (χ4v) is 4.31. The van der Waals surface area contributed by atoms with Gasteiger partial charge in [0.15, 0.2) is 0 Å². The van der Waals surface area contributed by atoms with Crippen LogP contribution in [0.4, 0.5) is 8.78 Å². The second kappa shape index (κ2) is 8.18. The molecule has 2 heterocycles. The first-order chi connectivity index (χ1) is 14.0. The molecule has 5 nitrogen and oxygen atoms in total. The van der Waals surface area contributed by atoms with Crippen LogP contribution >= 0.6 is 0 Å². The number of benzene rings is 2. The molecule has 2 aliphatic heterocycles. The van der Waals surface area contributed by atoms with Crippen LogP contribution in [0, 0.1) is 11.6 Å². The van der Waals surface area contributed by atoms with E-state index in [-0.39, 0.29) is 24.7 Å². The minimum absolute atomic E-state index is 0.222. The second-order valence-electron chi connectivity index (χ2n) is 7.58. The van der Waals surface area contributed by atoms with Crippen LogP contribution in [0.2, 0.25) is 0 Å². The minimum atomic E-state index is -1.14. The number of aliphatic hydroxyl groups is 1. The van der Waals surface area contributed by atoms with Crippen LogP contribution in [0.5, 0.6) is 0 Å². The molecular weight excluding hydrogens is 378 g/mol. The maximum atomic E-state index is 14.2. The number of carbonyl (C=O) groups is 1. The van der Waals surface area contributed by atoms with E-state index in [1.807, 2.05) is 30.3 Å². The van der Waals surface area contributed by atoms with E-state index in [0.29, 0.717) is 32.7 Å². The van der Waals surface area contributed by atoms with Crippen LogP contribution in [0.1, 0.15) is 22.3 Å². The zero-order valence-electron chi connectivity index (χ0n) is 16.1. The Morgan fingerprint density at radius 1 is 1.07 bits per heavy atom. The Morgan fingerprint density at radius 2 is 1.79 bits per heavy atom. The molecule has 2 aliphatic rings. The Hall–Kier alpha value is -2.35. The molecule has 2 saturated heterocycles. The van der Waals surface area contributed by atoms with Crippen molar-refractivity contribution >= 4 is 5.91 Å². The summed E-state index contributed by atoms with van der Waals surface area (Å²) < 4.78 is 33.2. The lowest BCUT2D eigenvalue weighted by Crippen LogP contribution is -2.63. The lowest BCUT2D eigenvalue weighted by atomic mass is 9.79. The van der Waals surface area contributed by atoms with Crippen molar-refractivity contribution in [1.29, 1.82) is 0 Å². The normalized spacial score (nSPS) is 25.8. The fourth-order valence-electron chi connectivity index (χ4n) is 4.31. The highest BCUT2D eigenvalue weighted by atomic mass is 19.1. The van der Waals surface area contributed by atoms with E-state index in [0.717, 1.165) is 23.8 Å². The van der Waals surface area contributed by atoms with Crippen molar-refractivity contribution in [3.05, 3.63) is 71.3 Å². The molecule has 0 saturated carbocycles. The highest BCUT2D eigenvalue weighted by molar-refractivity contribution is 5.94. The summed E-state index contributed by atoms with van der Waals surface area (Å²) in [7, 11) is 0. The van der Waals surface area contributed by atoms with Crippen molar-refractivity contribution in [2.75, 3.05) is 39.4 Å². The van der Waals surface area contributed by atoms with Crippen molar-refractivity contribution in [3.8, 4) is 0 Å². The van der Waals surface area contributed by atoms with Gasteiger partial charge in [-0.3, -0.25) is 9.69 Å². The van der Waals surface area contributed by atoms with E-state index >= 15 is 0 Å². The molecule has 0 aromatic heterocycles. The number of rotatable bonds is 3. The Labute approximate surface area is 168 Å². The van der Waals surface area contributed by atoms with E-state index in [1.165, 1.54) is 4.90 Å². The highest BCUT2D eigenvalue weighted by Crippen LogP contribution is 2.37. The van der Waals surface area contributed by atoms with Crippen molar-refractivity contribution in [3.63, 3.8) is 0 Å². The van der Waals surface area contributed by atoms with Crippen LogP contribution in [-0.4, -0.2) is 66.2 Å². The van der Waals surface area contributed by atoms with Crippen LogP contribution in [0.3, 0.4) is 0 Å². The summed E-state index contributed by atoms with van der Waals surface area (Å²) in [5, 5.41) is 11.7. The van der Waals surface area contributed by atoms with Gasteiger partial charge in [-0.2, -0.15) is 0 Å². The molecule has 0 aliphatic carbocycles. The van der Waals surface area contributed by atoms with E-state index in [9.17, 15) is 18.7 Å². The molecule has 29 heavy (non-hydrogen) atoms. The number of halogens is 2.